The van der Waals surface area contributed by atoms with E-state index in [2.05, 4.69) is 31.3 Å². The maximum Gasteiger partial charge on any atom is 0.407 e. The van der Waals surface area contributed by atoms with E-state index >= 15 is 0 Å². The summed E-state index contributed by atoms with van der Waals surface area (Å²) in [6.07, 6.45) is 0.646. The lowest BCUT2D eigenvalue weighted by Gasteiger charge is -2.50. The van der Waals surface area contributed by atoms with Crippen molar-refractivity contribution < 1.29 is 24.2 Å². The zero-order valence-corrected chi connectivity index (χ0v) is 19.0. The number of ether oxygens (including phenoxy) is 1. The van der Waals surface area contributed by atoms with Crippen LogP contribution in [0.1, 0.15) is 50.2 Å². The molecule has 1 aliphatic heterocycles. The van der Waals surface area contributed by atoms with Gasteiger partial charge in [-0.3, -0.25) is 9.59 Å². The molecule has 2 aromatic carbocycles. The third-order valence-corrected chi connectivity index (χ3v) is 7.18. The Bertz CT molecular complexity index is 1010. The highest BCUT2D eigenvalue weighted by molar-refractivity contribution is 5.90. The molecule has 7 heteroatoms. The Balaban J connectivity index is 1.40. The number of fused-ring (bicyclic) bond motifs is 3. The number of benzene rings is 2. The molecule has 7 nitrogen and oxygen atoms in total. The summed E-state index contributed by atoms with van der Waals surface area (Å²) in [4.78, 5) is 38.5. The van der Waals surface area contributed by atoms with E-state index in [0.717, 1.165) is 35.1 Å². The van der Waals surface area contributed by atoms with Crippen molar-refractivity contribution in [2.75, 3.05) is 19.7 Å². The van der Waals surface area contributed by atoms with Gasteiger partial charge in [0.15, 0.2) is 0 Å². The second-order valence-corrected chi connectivity index (χ2v) is 9.02. The van der Waals surface area contributed by atoms with Crippen molar-refractivity contribution in [3.05, 3.63) is 59.7 Å². The minimum Gasteiger partial charge on any atom is -0.481 e. The Labute approximate surface area is 193 Å². The van der Waals surface area contributed by atoms with Crippen LogP contribution in [0, 0.1) is 5.41 Å². The van der Waals surface area contributed by atoms with E-state index in [1.807, 2.05) is 36.4 Å². The zero-order chi connectivity index (χ0) is 23.6. The fraction of sp³-hybridized carbons (Fsp3) is 0.423. The highest BCUT2D eigenvalue weighted by Crippen LogP contribution is 2.44. The van der Waals surface area contributed by atoms with Crippen LogP contribution in [0.2, 0.25) is 0 Å². The van der Waals surface area contributed by atoms with Crippen molar-refractivity contribution in [1.82, 2.24) is 10.2 Å². The normalized spacial score (nSPS) is 16.8. The van der Waals surface area contributed by atoms with Gasteiger partial charge in [0, 0.05) is 24.4 Å². The van der Waals surface area contributed by atoms with Crippen LogP contribution in [0.15, 0.2) is 48.5 Å². The maximum atomic E-state index is 12.9. The summed E-state index contributed by atoms with van der Waals surface area (Å²) >= 11 is 0. The second kappa shape index (κ2) is 9.25. The molecule has 33 heavy (non-hydrogen) atoms. The average Bonchev–Trinajstić information content (AvgIpc) is 3.10. The van der Waals surface area contributed by atoms with Crippen LogP contribution in [0.3, 0.4) is 0 Å². The standard InChI is InChI=1S/C26H30N2O5/c1-3-26(4-2)15-28(16-26)24(31)22(13-23(29)30)27-25(32)33-14-21-19-11-7-5-9-17(19)18-10-6-8-12-20(18)21/h5-12,21-22H,3-4,13-16H2,1-2H3,(H,27,32)(H,29,30). The molecule has 2 amide bonds. The molecule has 1 aliphatic carbocycles. The predicted molar refractivity (Wildman–Crippen MR) is 124 cm³/mol. The van der Waals surface area contributed by atoms with Crippen LogP contribution in [0.25, 0.3) is 11.1 Å². The third-order valence-electron chi connectivity index (χ3n) is 7.18. The molecule has 0 radical (unpaired) electrons. The fourth-order valence-electron chi connectivity index (χ4n) is 4.99. The number of carbonyl (C=O) groups excluding carboxylic acids is 2. The summed E-state index contributed by atoms with van der Waals surface area (Å²) in [5.74, 6) is -1.63. The first kappa shape index (κ1) is 22.8. The molecule has 0 saturated carbocycles. The first-order chi connectivity index (χ1) is 15.9. The summed E-state index contributed by atoms with van der Waals surface area (Å²) in [6, 6.07) is 14.9. The maximum absolute atomic E-state index is 12.9. The van der Waals surface area contributed by atoms with Crippen LogP contribution in [0.4, 0.5) is 4.79 Å². The Morgan fingerprint density at radius 3 is 2.09 bits per heavy atom. The van der Waals surface area contributed by atoms with Gasteiger partial charge in [-0.1, -0.05) is 62.4 Å². The first-order valence-electron chi connectivity index (χ1n) is 11.5. The predicted octanol–water partition coefficient (Wildman–Crippen LogP) is 4.02. The average molecular weight is 451 g/mol. The lowest BCUT2D eigenvalue weighted by Crippen LogP contribution is -2.62. The lowest BCUT2D eigenvalue weighted by atomic mass is 9.75. The summed E-state index contributed by atoms with van der Waals surface area (Å²) in [5.41, 5.74) is 4.50. The van der Waals surface area contributed by atoms with Crippen LogP contribution in [-0.4, -0.2) is 53.7 Å². The molecule has 1 saturated heterocycles. The van der Waals surface area contributed by atoms with Gasteiger partial charge in [-0.05, 0) is 35.1 Å². The number of amides is 2. The monoisotopic (exact) mass is 450 g/mol. The minimum absolute atomic E-state index is 0.0905. The highest BCUT2D eigenvalue weighted by atomic mass is 16.5. The van der Waals surface area contributed by atoms with Crippen molar-refractivity contribution in [3.8, 4) is 11.1 Å². The van der Waals surface area contributed by atoms with Crippen molar-refractivity contribution in [2.45, 2.75) is 45.1 Å². The third kappa shape index (κ3) is 4.45. The van der Waals surface area contributed by atoms with Gasteiger partial charge in [0.25, 0.3) is 0 Å². The molecular formula is C26H30N2O5. The van der Waals surface area contributed by atoms with Gasteiger partial charge in [0.1, 0.15) is 12.6 Å². The molecule has 0 bridgehead atoms. The number of alkyl carbamates (subject to hydrolysis) is 1. The molecule has 1 fully saturated rings. The van der Waals surface area contributed by atoms with Gasteiger partial charge >= 0.3 is 12.1 Å². The van der Waals surface area contributed by atoms with Crippen molar-refractivity contribution >= 4 is 18.0 Å². The molecule has 4 rings (SSSR count). The van der Waals surface area contributed by atoms with E-state index in [9.17, 15) is 19.5 Å². The summed E-state index contributed by atoms with van der Waals surface area (Å²) in [6.45, 7) is 5.46. The number of carboxylic acids is 1. The molecule has 1 atom stereocenters. The largest absolute Gasteiger partial charge is 0.481 e. The van der Waals surface area contributed by atoms with Gasteiger partial charge in [0.05, 0.1) is 6.42 Å². The molecule has 0 aromatic heterocycles. The first-order valence-corrected chi connectivity index (χ1v) is 11.5. The summed E-state index contributed by atoms with van der Waals surface area (Å²) < 4.78 is 5.50. The smallest absolute Gasteiger partial charge is 0.407 e. The molecule has 1 heterocycles. The number of carbonyl (C=O) groups is 3. The van der Waals surface area contributed by atoms with E-state index in [0.29, 0.717) is 13.1 Å². The van der Waals surface area contributed by atoms with E-state index in [1.165, 1.54) is 0 Å². The Kier molecular flexibility index (Phi) is 6.40. The van der Waals surface area contributed by atoms with Crippen LogP contribution < -0.4 is 5.32 Å². The van der Waals surface area contributed by atoms with Crippen molar-refractivity contribution in [1.29, 1.82) is 0 Å². The van der Waals surface area contributed by atoms with Crippen LogP contribution in [0.5, 0.6) is 0 Å². The number of carboxylic acid groups (broad SMARTS) is 1. The molecule has 2 N–H and O–H groups in total. The second-order valence-electron chi connectivity index (χ2n) is 9.02. The number of likely N-dealkylation sites (tertiary alicyclic amines) is 1. The SMILES string of the molecule is CCC1(CC)CN(C(=O)C(CC(=O)O)NC(=O)OCC2c3ccccc3-c3ccccc32)C1. The van der Waals surface area contributed by atoms with Gasteiger partial charge in [-0.25, -0.2) is 4.79 Å². The zero-order valence-electron chi connectivity index (χ0n) is 19.0. The van der Waals surface area contributed by atoms with Crippen molar-refractivity contribution in [3.63, 3.8) is 0 Å². The van der Waals surface area contributed by atoms with Gasteiger partial charge in [0.2, 0.25) is 5.91 Å². The van der Waals surface area contributed by atoms with E-state index < -0.39 is 24.5 Å². The molecule has 2 aromatic rings. The van der Waals surface area contributed by atoms with E-state index in [1.54, 1.807) is 4.90 Å². The summed E-state index contributed by atoms with van der Waals surface area (Å²) in [7, 11) is 0. The van der Waals surface area contributed by atoms with Gasteiger partial charge in [-0.15, -0.1) is 0 Å². The number of aliphatic carboxylic acids is 1. The number of hydrogen-bond donors (Lipinski definition) is 2. The van der Waals surface area contributed by atoms with E-state index in [4.69, 9.17) is 4.74 Å². The number of rotatable bonds is 8. The quantitative estimate of drug-likeness (QED) is 0.633. The molecular weight excluding hydrogens is 420 g/mol. The molecule has 0 spiro atoms. The van der Waals surface area contributed by atoms with Gasteiger partial charge < -0.3 is 20.1 Å². The Morgan fingerprint density at radius 1 is 1.03 bits per heavy atom. The lowest BCUT2D eigenvalue weighted by molar-refractivity contribution is -0.150. The highest BCUT2D eigenvalue weighted by Gasteiger charge is 2.44. The van der Waals surface area contributed by atoms with E-state index in [-0.39, 0.29) is 23.8 Å². The molecule has 174 valence electrons. The van der Waals surface area contributed by atoms with Crippen LogP contribution >= 0.6 is 0 Å². The number of nitrogens with zero attached hydrogens (tertiary/aromatic N) is 1. The summed E-state index contributed by atoms with van der Waals surface area (Å²) in [5, 5.41) is 11.8. The number of hydrogen-bond acceptors (Lipinski definition) is 4. The fourth-order valence-corrected chi connectivity index (χ4v) is 4.99. The van der Waals surface area contributed by atoms with Gasteiger partial charge in [-0.2, -0.15) is 0 Å². The number of nitrogens with one attached hydrogen (secondary N) is 1. The van der Waals surface area contributed by atoms with Crippen molar-refractivity contribution in [2.24, 2.45) is 5.41 Å². The minimum atomic E-state index is -1.15. The Morgan fingerprint density at radius 2 is 1.58 bits per heavy atom. The van der Waals surface area contributed by atoms with Crippen LogP contribution in [-0.2, 0) is 14.3 Å². The molecule has 1 unspecified atom stereocenters. The molecule has 2 aliphatic rings. The Hall–Kier alpha value is -3.35. The topological polar surface area (TPSA) is 95.9 Å².